The van der Waals surface area contributed by atoms with Crippen LogP contribution in [0.2, 0.25) is 0 Å². The predicted molar refractivity (Wildman–Crippen MR) is 90.8 cm³/mol. The maximum atomic E-state index is 11.0. The Bertz CT molecular complexity index is 700. The number of benzene rings is 1. The van der Waals surface area contributed by atoms with Gasteiger partial charge in [0.05, 0.1) is 12.8 Å². The van der Waals surface area contributed by atoms with E-state index >= 15 is 0 Å². The number of nitrogens with zero attached hydrogens (tertiary/aromatic N) is 2. The first-order chi connectivity index (χ1) is 11.1. The van der Waals surface area contributed by atoms with Crippen LogP contribution in [-0.4, -0.2) is 23.8 Å². The number of thiazole rings is 1. The van der Waals surface area contributed by atoms with Crippen LogP contribution in [0.25, 0.3) is 0 Å². The zero-order valence-electron chi connectivity index (χ0n) is 12.9. The summed E-state index contributed by atoms with van der Waals surface area (Å²) in [6.07, 6.45) is 1.64. The van der Waals surface area contributed by atoms with Crippen LogP contribution in [0.1, 0.15) is 25.0 Å². The highest BCUT2D eigenvalue weighted by Gasteiger charge is 2.06. The molecule has 0 aliphatic heterocycles. The number of nitrogen functional groups attached to an aromatic ring is 1. The Hall–Kier alpha value is -2.61. The number of anilines is 2. The molecule has 1 aromatic carbocycles. The molecule has 3 N–H and O–H groups in total. The Morgan fingerprint density at radius 1 is 1.52 bits per heavy atom. The van der Waals surface area contributed by atoms with E-state index < -0.39 is 0 Å². The van der Waals surface area contributed by atoms with Gasteiger partial charge >= 0.3 is 5.97 Å². The third kappa shape index (κ3) is 5.26. The Balaban J connectivity index is 2.08. The molecule has 0 fully saturated rings. The molecule has 8 heteroatoms. The molecule has 2 rings (SSSR count). The van der Waals surface area contributed by atoms with Gasteiger partial charge in [0.1, 0.15) is 18.2 Å². The van der Waals surface area contributed by atoms with Crippen molar-refractivity contribution < 1.29 is 14.3 Å². The minimum Gasteiger partial charge on any atom is -0.493 e. The number of ether oxygens (including phenoxy) is 2. The molecule has 0 spiro atoms. The van der Waals surface area contributed by atoms with Crippen molar-refractivity contribution >= 4 is 34.5 Å². The van der Waals surface area contributed by atoms with Crippen LogP contribution in [0.3, 0.4) is 0 Å². The van der Waals surface area contributed by atoms with E-state index in [4.69, 9.17) is 15.2 Å². The van der Waals surface area contributed by atoms with E-state index in [-0.39, 0.29) is 12.6 Å². The molecule has 0 bridgehead atoms. The Morgan fingerprint density at radius 2 is 2.35 bits per heavy atom. The summed E-state index contributed by atoms with van der Waals surface area (Å²) < 4.78 is 10.6. The zero-order valence-corrected chi connectivity index (χ0v) is 13.7. The van der Waals surface area contributed by atoms with Gasteiger partial charge in [-0.25, -0.2) is 4.98 Å². The van der Waals surface area contributed by atoms with Gasteiger partial charge in [-0.3, -0.25) is 10.2 Å². The molecule has 1 aromatic heterocycles. The first kappa shape index (κ1) is 16.8. The summed E-state index contributed by atoms with van der Waals surface area (Å²) in [5, 5.41) is 6.45. The van der Waals surface area contributed by atoms with Gasteiger partial charge in [-0.15, -0.1) is 11.3 Å². The maximum Gasteiger partial charge on any atom is 0.302 e. The number of hydrazone groups is 1. The van der Waals surface area contributed by atoms with Gasteiger partial charge in [0.15, 0.2) is 0 Å². The molecule has 122 valence electrons. The largest absolute Gasteiger partial charge is 0.493 e. The van der Waals surface area contributed by atoms with E-state index in [0.29, 0.717) is 23.3 Å². The fourth-order valence-corrected chi connectivity index (χ4v) is 2.32. The number of nitrogens with one attached hydrogen (secondary N) is 1. The van der Waals surface area contributed by atoms with Crippen molar-refractivity contribution in [3.63, 3.8) is 0 Å². The van der Waals surface area contributed by atoms with Gasteiger partial charge < -0.3 is 15.2 Å². The fraction of sp³-hybridized carbons (Fsp3) is 0.267. The van der Waals surface area contributed by atoms with Gasteiger partial charge in [0, 0.05) is 17.9 Å². The summed E-state index contributed by atoms with van der Waals surface area (Å²) in [6, 6.07) is 5.55. The Labute approximate surface area is 138 Å². The normalized spacial score (nSPS) is 10.7. The lowest BCUT2D eigenvalue weighted by Crippen LogP contribution is -2.03. The number of nitrogens with two attached hydrogens (primary N) is 1. The lowest BCUT2D eigenvalue weighted by molar-refractivity contribution is -0.142. The minimum atomic E-state index is -0.338. The summed E-state index contributed by atoms with van der Waals surface area (Å²) in [6.45, 7) is 3.96. The molecule has 2 aromatic rings. The number of carbonyl (C=O) groups excluding carboxylic acids is 1. The Morgan fingerprint density at radius 3 is 3.00 bits per heavy atom. The number of hydrogen-bond acceptors (Lipinski definition) is 8. The van der Waals surface area contributed by atoms with Crippen molar-refractivity contribution in [3.05, 3.63) is 34.7 Å². The molecule has 0 saturated heterocycles. The molecule has 0 aliphatic rings. The van der Waals surface area contributed by atoms with Gasteiger partial charge in [-0.1, -0.05) is 0 Å². The highest BCUT2D eigenvalue weighted by molar-refractivity contribution is 7.14. The van der Waals surface area contributed by atoms with Gasteiger partial charge in [0.2, 0.25) is 5.13 Å². The van der Waals surface area contributed by atoms with Crippen molar-refractivity contribution in [2.45, 2.75) is 20.5 Å². The van der Waals surface area contributed by atoms with Crippen LogP contribution in [0.4, 0.5) is 10.9 Å². The van der Waals surface area contributed by atoms with Crippen molar-refractivity contribution in [2.24, 2.45) is 5.10 Å². The van der Waals surface area contributed by atoms with Gasteiger partial charge in [-0.05, 0) is 30.7 Å². The summed E-state index contributed by atoms with van der Waals surface area (Å²) in [5.74, 6) is 0.804. The standard InChI is InChI=1S/C15H18N4O3S/c1-3-21-13-5-4-11(6-12(13)8-22-10(2)20)7-17-19-15-18-14(16)9-23-15/h4-7,9H,3,8,16H2,1-2H3,(H,18,19). The summed E-state index contributed by atoms with van der Waals surface area (Å²) in [4.78, 5) is 15.0. The minimum absolute atomic E-state index is 0.156. The predicted octanol–water partition coefficient (Wildman–Crippen LogP) is 2.63. The summed E-state index contributed by atoms with van der Waals surface area (Å²) in [7, 11) is 0. The lowest BCUT2D eigenvalue weighted by atomic mass is 10.1. The summed E-state index contributed by atoms with van der Waals surface area (Å²) >= 11 is 1.37. The number of rotatable bonds is 7. The highest BCUT2D eigenvalue weighted by Crippen LogP contribution is 2.21. The van der Waals surface area contributed by atoms with Crippen molar-refractivity contribution in [3.8, 4) is 5.75 Å². The molecule has 1 heterocycles. The molecule has 7 nitrogen and oxygen atoms in total. The topological polar surface area (TPSA) is 98.8 Å². The third-order valence-corrected chi connectivity index (χ3v) is 3.48. The molecule has 0 saturated carbocycles. The first-order valence-corrected chi connectivity index (χ1v) is 7.85. The second-order valence-corrected chi connectivity index (χ2v) is 5.39. The average molecular weight is 334 g/mol. The van der Waals surface area contributed by atoms with E-state index in [2.05, 4.69) is 15.5 Å². The average Bonchev–Trinajstić information content (AvgIpc) is 2.93. The van der Waals surface area contributed by atoms with Crippen LogP contribution in [0.15, 0.2) is 28.7 Å². The first-order valence-electron chi connectivity index (χ1n) is 6.97. The van der Waals surface area contributed by atoms with Crippen LogP contribution < -0.4 is 15.9 Å². The third-order valence-electron chi connectivity index (χ3n) is 2.71. The zero-order chi connectivity index (χ0) is 16.7. The van der Waals surface area contributed by atoms with Crippen LogP contribution in [0.5, 0.6) is 5.75 Å². The molecule has 0 atom stereocenters. The number of esters is 1. The molecule has 0 unspecified atom stereocenters. The number of hydrogen-bond donors (Lipinski definition) is 2. The van der Waals surface area contributed by atoms with Crippen LogP contribution >= 0.6 is 11.3 Å². The smallest absolute Gasteiger partial charge is 0.302 e. The fourth-order valence-electron chi connectivity index (χ4n) is 1.77. The Kier molecular flexibility index (Phi) is 5.93. The number of carbonyl (C=O) groups is 1. The number of aromatic nitrogens is 1. The molecule has 0 radical (unpaired) electrons. The van der Waals surface area contributed by atoms with E-state index in [9.17, 15) is 4.79 Å². The monoisotopic (exact) mass is 334 g/mol. The quantitative estimate of drug-likeness (QED) is 0.459. The second-order valence-electron chi connectivity index (χ2n) is 4.53. The lowest BCUT2D eigenvalue weighted by Gasteiger charge is -2.11. The van der Waals surface area contributed by atoms with E-state index in [1.165, 1.54) is 18.3 Å². The maximum absolute atomic E-state index is 11.0. The van der Waals surface area contributed by atoms with E-state index in [1.807, 2.05) is 25.1 Å². The van der Waals surface area contributed by atoms with Gasteiger partial charge in [0.25, 0.3) is 0 Å². The van der Waals surface area contributed by atoms with Crippen LogP contribution in [-0.2, 0) is 16.1 Å². The van der Waals surface area contributed by atoms with Crippen molar-refractivity contribution in [1.29, 1.82) is 0 Å². The second kappa shape index (κ2) is 8.14. The molecule has 0 amide bonds. The van der Waals surface area contributed by atoms with Crippen molar-refractivity contribution in [1.82, 2.24) is 4.98 Å². The van der Waals surface area contributed by atoms with Crippen LogP contribution in [0, 0.1) is 0 Å². The summed E-state index contributed by atoms with van der Waals surface area (Å²) in [5.41, 5.74) is 9.96. The molecular formula is C15H18N4O3S. The van der Waals surface area contributed by atoms with E-state index in [1.54, 1.807) is 11.6 Å². The highest BCUT2D eigenvalue weighted by atomic mass is 32.1. The molecule has 23 heavy (non-hydrogen) atoms. The SMILES string of the molecule is CCOc1ccc(C=NNc2nc(N)cs2)cc1COC(C)=O. The van der Waals surface area contributed by atoms with Crippen molar-refractivity contribution in [2.75, 3.05) is 17.8 Å². The molecular weight excluding hydrogens is 316 g/mol. The molecule has 0 aliphatic carbocycles. The van der Waals surface area contributed by atoms with Gasteiger partial charge in [-0.2, -0.15) is 5.10 Å². The van der Waals surface area contributed by atoms with E-state index in [0.717, 1.165) is 11.1 Å².